The zero-order valence-corrected chi connectivity index (χ0v) is 12.6. The molecule has 0 aliphatic heterocycles. The summed E-state index contributed by atoms with van der Waals surface area (Å²) in [6.45, 7) is 0. The van der Waals surface area contributed by atoms with Crippen LogP contribution in [0.3, 0.4) is 0 Å². The van der Waals surface area contributed by atoms with E-state index < -0.39 is 5.97 Å². The normalized spacial score (nSPS) is 10.4. The van der Waals surface area contributed by atoms with Gasteiger partial charge in [-0.15, -0.1) is 0 Å². The van der Waals surface area contributed by atoms with Gasteiger partial charge in [-0.1, -0.05) is 34.8 Å². The Morgan fingerprint density at radius 3 is 2.50 bits per heavy atom. The van der Waals surface area contributed by atoms with Gasteiger partial charge < -0.3 is 10.5 Å². The molecule has 0 amide bonds. The molecule has 0 fully saturated rings. The second kappa shape index (κ2) is 5.87. The summed E-state index contributed by atoms with van der Waals surface area (Å²) in [5.74, 6) is -0.438. The SMILES string of the molecule is COC(=O)c1ccc(-c2cc(Cl)cc(Cl)c2Cl)c(N)n1. The number of benzene rings is 1. The fraction of sp³-hybridized carbons (Fsp3) is 0.0769. The second-order valence-corrected chi connectivity index (χ2v) is 5.09. The third kappa shape index (κ3) is 2.82. The standard InChI is InChI=1S/C13H9Cl3N2O2/c1-20-13(19)10-3-2-7(12(17)18-10)8-4-6(14)5-9(15)11(8)16/h2-5H,1H3,(H2,17,18). The Kier molecular flexibility index (Phi) is 4.38. The van der Waals surface area contributed by atoms with Crippen molar-refractivity contribution >= 4 is 46.6 Å². The van der Waals surface area contributed by atoms with Crippen molar-refractivity contribution in [3.63, 3.8) is 0 Å². The minimum Gasteiger partial charge on any atom is -0.464 e. The molecule has 0 radical (unpaired) electrons. The number of carbonyl (C=O) groups excluding carboxylic acids is 1. The van der Waals surface area contributed by atoms with Crippen LogP contribution in [0.2, 0.25) is 15.1 Å². The molecule has 1 aromatic carbocycles. The van der Waals surface area contributed by atoms with Gasteiger partial charge in [-0.3, -0.25) is 0 Å². The number of nitrogen functional groups attached to an aromatic ring is 1. The van der Waals surface area contributed by atoms with E-state index in [0.29, 0.717) is 26.2 Å². The first kappa shape index (κ1) is 14.9. The summed E-state index contributed by atoms with van der Waals surface area (Å²) < 4.78 is 4.57. The summed E-state index contributed by atoms with van der Waals surface area (Å²) in [5, 5.41) is 1.05. The van der Waals surface area contributed by atoms with Crippen molar-refractivity contribution in [1.29, 1.82) is 0 Å². The number of carbonyl (C=O) groups is 1. The van der Waals surface area contributed by atoms with Gasteiger partial charge >= 0.3 is 5.97 Å². The molecular weight excluding hydrogens is 323 g/mol. The largest absolute Gasteiger partial charge is 0.464 e. The summed E-state index contributed by atoms with van der Waals surface area (Å²) in [7, 11) is 1.27. The van der Waals surface area contributed by atoms with E-state index in [9.17, 15) is 4.79 Å². The minimum atomic E-state index is -0.571. The van der Waals surface area contributed by atoms with E-state index >= 15 is 0 Å². The number of anilines is 1. The Balaban J connectivity index is 2.57. The van der Waals surface area contributed by atoms with Crippen LogP contribution in [0.15, 0.2) is 24.3 Å². The van der Waals surface area contributed by atoms with Crippen molar-refractivity contribution in [1.82, 2.24) is 4.98 Å². The average Bonchev–Trinajstić information content (AvgIpc) is 2.42. The molecule has 0 bridgehead atoms. The number of methoxy groups -OCH3 is 1. The molecule has 0 atom stereocenters. The molecule has 0 saturated heterocycles. The van der Waals surface area contributed by atoms with E-state index in [4.69, 9.17) is 40.5 Å². The Morgan fingerprint density at radius 2 is 1.90 bits per heavy atom. The number of aromatic nitrogens is 1. The van der Waals surface area contributed by atoms with Gasteiger partial charge in [-0.25, -0.2) is 9.78 Å². The Hall–Kier alpha value is -1.49. The van der Waals surface area contributed by atoms with Crippen LogP contribution in [0.5, 0.6) is 0 Å². The summed E-state index contributed by atoms with van der Waals surface area (Å²) in [5.41, 5.74) is 7.04. The van der Waals surface area contributed by atoms with Gasteiger partial charge in [0, 0.05) is 16.1 Å². The van der Waals surface area contributed by atoms with E-state index in [2.05, 4.69) is 9.72 Å². The smallest absolute Gasteiger partial charge is 0.356 e. The number of nitrogens with zero attached hydrogens (tertiary/aromatic N) is 1. The monoisotopic (exact) mass is 330 g/mol. The predicted octanol–water partition coefficient (Wildman–Crippen LogP) is 4.08. The topological polar surface area (TPSA) is 65.2 Å². The van der Waals surface area contributed by atoms with Gasteiger partial charge in [0.1, 0.15) is 5.82 Å². The fourth-order valence-electron chi connectivity index (χ4n) is 1.67. The van der Waals surface area contributed by atoms with Gasteiger partial charge in [-0.2, -0.15) is 0 Å². The molecule has 0 saturated carbocycles. The molecule has 4 nitrogen and oxygen atoms in total. The highest BCUT2D eigenvalue weighted by Crippen LogP contribution is 2.38. The lowest BCUT2D eigenvalue weighted by molar-refractivity contribution is 0.0594. The van der Waals surface area contributed by atoms with E-state index in [1.165, 1.54) is 19.2 Å². The second-order valence-electron chi connectivity index (χ2n) is 3.87. The molecular formula is C13H9Cl3N2O2. The highest BCUT2D eigenvalue weighted by atomic mass is 35.5. The molecule has 20 heavy (non-hydrogen) atoms. The first-order valence-electron chi connectivity index (χ1n) is 5.43. The number of halogens is 3. The number of hydrogen-bond acceptors (Lipinski definition) is 4. The predicted molar refractivity (Wildman–Crippen MR) is 80.5 cm³/mol. The van der Waals surface area contributed by atoms with Crippen LogP contribution in [0.25, 0.3) is 11.1 Å². The molecule has 2 N–H and O–H groups in total. The Bertz CT molecular complexity index is 690. The lowest BCUT2D eigenvalue weighted by Crippen LogP contribution is -2.06. The van der Waals surface area contributed by atoms with Gasteiger partial charge in [0.15, 0.2) is 5.69 Å². The van der Waals surface area contributed by atoms with Crippen molar-refractivity contribution in [3.05, 3.63) is 45.0 Å². The quantitative estimate of drug-likeness (QED) is 0.665. The van der Waals surface area contributed by atoms with Gasteiger partial charge in [0.25, 0.3) is 0 Å². The summed E-state index contributed by atoms with van der Waals surface area (Å²) in [6, 6.07) is 6.26. The van der Waals surface area contributed by atoms with Gasteiger partial charge in [0.05, 0.1) is 17.2 Å². The number of nitrogens with two attached hydrogens (primary N) is 1. The molecule has 2 rings (SSSR count). The minimum absolute atomic E-state index is 0.109. The summed E-state index contributed by atoms with van der Waals surface area (Å²) in [4.78, 5) is 15.4. The molecule has 7 heteroatoms. The van der Waals surface area contributed by atoms with Crippen LogP contribution in [-0.2, 0) is 4.74 Å². The number of pyridine rings is 1. The number of esters is 1. The zero-order valence-electron chi connectivity index (χ0n) is 10.3. The maximum Gasteiger partial charge on any atom is 0.356 e. The number of rotatable bonds is 2. The molecule has 0 spiro atoms. The summed E-state index contributed by atoms with van der Waals surface area (Å²) in [6.07, 6.45) is 0. The van der Waals surface area contributed by atoms with E-state index in [1.807, 2.05) is 0 Å². The lowest BCUT2D eigenvalue weighted by Gasteiger charge is -2.10. The van der Waals surface area contributed by atoms with Crippen LogP contribution in [0.1, 0.15) is 10.5 Å². The molecule has 104 valence electrons. The molecule has 0 unspecified atom stereocenters. The molecule has 2 aromatic rings. The van der Waals surface area contributed by atoms with Gasteiger partial charge in [0.2, 0.25) is 0 Å². The van der Waals surface area contributed by atoms with E-state index in [1.54, 1.807) is 12.1 Å². The first-order valence-corrected chi connectivity index (χ1v) is 6.57. The third-order valence-electron chi connectivity index (χ3n) is 2.60. The molecule has 0 aliphatic rings. The van der Waals surface area contributed by atoms with Crippen LogP contribution in [-0.4, -0.2) is 18.1 Å². The number of hydrogen-bond donors (Lipinski definition) is 1. The molecule has 0 aliphatic carbocycles. The van der Waals surface area contributed by atoms with Crippen molar-refractivity contribution in [3.8, 4) is 11.1 Å². The number of ether oxygens (including phenoxy) is 1. The average molecular weight is 332 g/mol. The van der Waals surface area contributed by atoms with Crippen molar-refractivity contribution in [2.24, 2.45) is 0 Å². The highest BCUT2D eigenvalue weighted by molar-refractivity contribution is 6.45. The zero-order chi connectivity index (χ0) is 14.9. The third-order valence-corrected chi connectivity index (χ3v) is 3.62. The highest BCUT2D eigenvalue weighted by Gasteiger charge is 2.15. The van der Waals surface area contributed by atoms with Crippen LogP contribution < -0.4 is 5.73 Å². The van der Waals surface area contributed by atoms with Crippen molar-refractivity contribution < 1.29 is 9.53 Å². The van der Waals surface area contributed by atoms with Crippen molar-refractivity contribution in [2.75, 3.05) is 12.8 Å². The maximum atomic E-state index is 11.4. The fourth-order valence-corrected chi connectivity index (χ4v) is 2.38. The maximum absolute atomic E-state index is 11.4. The van der Waals surface area contributed by atoms with Crippen LogP contribution >= 0.6 is 34.8 Å². The summed E-state index contributed by atoms with van der Waals surface area (Å²) >= 11 is 18.1. The van der Waals surface area contributed by atoms with Crippen LogP contribution in [0.4, 0.5) is 5.82 Å². The lowest BCUT2D eigenvalue weighted by atomic mass is 10.1. The van der Waals surface area contributed by atoms with Gasteiger partial charge in [-0.05, 0) is 24.3 Å². The molecule has 1 aromatic heterocycles. The Morgan fingerprint density at radius 1 is 1.20 bits per heavy atom. The van der Waals surface area contributed by atoms with Crippen LogP contribution in [0, 0.1) is 0 Å². The van der Waals surface area contributed by atoms with E-state index in [0.717, 1.165) is 0 Å². The Labute approximate surface area is 130 Å². The van der Waals surface area contributed by atoms with Crippen molar-refractivity contribution in [2.45, 2.75) is 0 Å². The first-order chi connectivity index (χ1) is 9.43. The van der Waals surface area contributed by atoms with E-state index in [-0.39, 0.29) is 11.5 Å². The molecule has 1 heterocycles.